The number of aromatic amines is 1. The lowest BCUT2D eigenvalue weighted by Gasteiger charge is -2.21. The Bertz CT molecular complexity index is 592. The highest BCUT2D eigenvalue weighted by Gasteiger charge is 2.13. The van der Waals surface area contributed by atoms with Crippen LogP contribution in [0.25, 0.3) is 0 Å². The molecule has 124 valence electrons. The normalized spacial score (nSPS) is 11.0. The van der Waals surface area contributed by atoms with E-state index >= 15 is 0 Å². The van der Waals surface area contributed by atoms with E-state index in [1.54, 1.807) is 0 Å². The first kappa shape index (κ1) is 17.1. The van der Waals surface area contributed by atoms with E-state index in [1.807, 2.05) is 11.8 Å². The van der Waals surface area contributed by atoms with Crippen LogP contribution in [0, 0.1) is 0 Å². The van der Waals surface area contributed by atoms with Crippen molar-refractivity contribution in [1.29, 1.82) is 0 Å². The summed E-state index contributed by atoms with van der Waals surface area (Å²) >= 11 is 0. The Morgan fingerprint density at radius 2 is 1.78 bits per heavy atom. The maximum atomic E-state index is 12.3. The molecule has 0 atom stereocenters. The summed E-state index contributed by atoms with van der Waals surface area (Å²) in [6, 6.07) is 8.46. The molecular weight excluding hydrogens is 290 g/mol. The first-order chi connectivity index (χ1) is 11.1. The van der Waals surface area contributed by atoms with Gasteiger partial charge in [0, 0.05) is 32.5 Å². The molecule has 2 aromatic rings. The van der Waals surface area contributed by atoms with Crippen LogP contribution < -0.4 is 0 Å². The molecule has 1 aromatic heterocycles. The molecular formula is C17H25N5O. The monoisotopic (exact) mass is 315 g/mol. The average Bonchev–Trinajstić information content (AvgIpc) is 3.04. The third kappa shape index (κ3) is 5.49. The predicted octanol–water partition coefficient (Wildman–Crippen LogP) is 1.85. The molecule has 0 aliphatic heterocycles. The number of H-pyrrole nitrogens is 1. The number of aromatic nitrogens is 3. The van der Waals surface area contributed by atoms with Crippen molar-refractivity contribution in [2.45, 2.75) is 32.9 Å². The Morgan fingerprint density at radius 1 is 1.13 bits per heavy atom. The van der Waals surface area contributed by atoms with Crippen LogP contribution in [0.3, 0.4) is 0 Å². The second-order valence-corrected chi connectivity index (χ2v) is 5.89. The number of carbonyl (C=O) groups excluding carboxylic acids is 1. The summed E-state index contributed by atoms with van der Waals surface area (Å²) in [6.07, 6.45) is 2.51. The van der Waals surface area contributed by atoms with Gasteiger partial charge >= 0.3 is 0 Å². The minimum absolute atomic E-state index is 0.140. The van der Waals surface area contributed by atoms with Crippen molar-refractivity contribution >= 4 is 5.91 Å². The van der Waals surface area contributed by atoms with Crippen LogP contribution in [0.2, 0.25) is 0 Å². The number of nitrogens with zero attached hydrogens (tertiary/aromatic N) is 4. The summed E-state index contributed by atoms with van der Waals surface area (Å²) in [6.45, 7) is 4.28. The minimum Gasteiger partial charge on any atom is -0.339 e. The second kappa shape index (κ2) is 8.43. The standard InChI is InChI=1S/C17H25N5O/c1-4-22(17(23)10-9-16-18-13-19-20-16)12-15-7-5-14(6-8-15)11-21(2)3/h5-8,13H,4,9-12H2,1-3H3,(H,18,19,20). The fraction of sp³-hybridized carbons (Fsp3) is 0.471. The number of carbonyl (C=O) groups is 1. The van der Waals surface area contributed by atoms with Gasteiger partial charge in [-0.1, -0.05) is 24.3 Å². The Labute approximate surface area is 137 Å². The van der Waals surface area contributed by atoms with Gasteiger partial charge in [0.15, 0.2) is 0 Å². The van der Waals surface area contributed by atoms with Crippen LogP contribution in [-0.4, -0.2) is 51.5 Å². The number of hydrogen-bond acceptors (Lipinski definition) is 4. The zero-order valence-electron chi connectivity index (χ0n) is 14.1. The lowest BCUT2D eigenvalue weighted by Crippen LogP contribution is -2.30. The summed E-state index contributed by atoms with van der Waals surface area (Å²) in [5.74, 6) is 0.892. The minimum atomic E-state index is 0.140. The second-order valence-electron chi connectivity index (χ2n) is 5.89. The molecule has 0 bridgehead atoms. The molecule has 6 nitrogen and oxygen atoms in total. The molecule has 0 fully saturated rings. The van der Waals surface area contributed by atoms with Crippen molar-refractivity contribution in [2.24, 2.45) is 0 Å². The van der Waals surface area contributed by atoms with Crippen molar-refractivity contribution in [3.8, 4) is 0 Å². The van der Waals surface area contributed by atoms with Gasteiger partial charge in [-0.3, -0.25) is 9.89 Å². The molecule has 1 heterocycles. The van der Waals surface area contributed by atoms with E-state index in [4.69, 9.17) is 0 Å². The van der Waals surface area contributed by atoms with E-state index in [0.29, 0.717) is 25.9 Å². The molecule has 0 aliphatic carbocycles. The van der Waals surface area contributed by atoms with Crippen molar-refractivity contribution in [3.05, 3.63) is 47.5 Å². The summed E-state index contributed by atoms with van der Waals surface area (Å²) in [4.78, 5) is 20.4. The van der Waals surface area contributed by atoms with Crippen LogP contribution >= 0.6 is 0 Å². The first-order valence-electron chi connectivity index (χ1n) is 7.93. The maximum Gasteiger partial charge on any atom is 0.223 e. The number of benzene rings is 1. The van der Waals surface area contributed by atoms with Crippen LogP contribution in [0.4, 0.5) is 0 Å². The van der Waals surface area contributed by atoms with Gasteiger partial charge in [0.2, 0.25) is 5.91 Å². The van der Waals surface area contributed by atoms with Crippen LogP contribution in [0.1, 0.15) is 30.3 Å². The molecule has 23 heavy (non-hydrogen) atoms. The van der Waals surface area contributed by atoms with Gasteiger partial charge in [-0.05, 0) is 32.1 Å². The SMILES string of the molecule is CCN(Cc1ccc(CN(C)C)cc1)C(=O)CCc1ncn[nH]1. The molecule has 1 N–H and O–H groups in total. The van der Waals surface area contributed by atoms with Gasteiger partial charge in [0.05, 0.1) is 0 Å². The molecule has 1 aromatic carbocycles. The van der Waals surface area contributed by atoms with E-state index in [0.717, 1.165) is 17.9 Å². The number of rotatable bonds is 8. The summed E-state index contributed by atoms with van der Waals surface area (Å²) in [5.41, 5.74) is 2.43. The van der Waals surface area contributed by atoms with Gasteiger partial charge in [-0.15, -0.1) is 0 Å². The lowest BCUT2D eigenvalue weighted by molar-refractivity contribution is -0.131. The number of hydrogen-bond donors (Lipinski definition) is 1. The number of amides is 1. The van der Waals surface area contributed by atoms with Gasteiger partial charge in [0.25, 0.3) is 0 Å². The molecule has 0 saturated carbocycles. The van der Waals surface area contributed by atoms with Crippen LogP contribution in [0.15, 0.2) is 30.6 Å². The van der Waals surface area contributed by atoms with E-state index in [9.17, 15) is 4.79 Å². The molecule has 6 heteroatoms. The topological polar surface area (TPSA) is 65.1 Å². The largest absolute Gasteiger partial charge is 0.339 e. The average molecular weight is 315 g/mol. The van der Waals surface area contributed by atoms with Crippen molar-refractivity contribution in [2.75, 3.05) is 20.6 Å². The number of nitrogens with one attached hydrogen (secondary N) is 1. The summed E-state index contributed by atoms with van der Waals surface area (Å²) in [5, 5.41) is 6.58. The lowest BCUT2D eigenvalue weighted by atomic mass is 10.1. The van der Waals surface area contributed by atoms with Crippen LogP contribution in [0.5, 0.6) is 0 Å². The maximum absolute atomic E-state index is 12.3. The summed E-state index contributed by atoms with van der Waals surface area (Å²) in [7, 11) is 4.11. The zero-order valence-corrected chi connectivity index (χ0v) is 14.1. The van der Waals surface area contributed by atoms with Crippen LogP contribution in [-0.2, 0) is 24.3 Å². The quantitative estimate of drug-likeness (QED) is 0.807. The highest BCUT2D eigenvalue weighted by Crippen LogP contribution is 2.10. The fourth-order valence-corrected chi connectivity index (χ4v) is 2.45. The fourth-order valence-electron chi connectivity index (χ4n) is 2.45. The van der Waals surface area contributed by atoms with Crippen molar-refractivity contribution in [1.82, 2.24) is 25.0 Å². The smallest absolute Gasteiger partial charge is 0.223 e. The molecule has 1 amide bonds. The van der Waals surface area contributed by atoms with Gasteiger partial charge in [-0.25, -0.2) is 4.98 Å². The molecule has 0 spiro atoms. The Kier molecular flexibility index (Phi) is 6.29. The highest BCUT2D eigenvalue weighted by molar-refractivity contribution is 5.76. The van der Waals surface area contributed by atoms with Gasteiger partial charge in [-0.2, -0.15) is 5.10 Å². The predicted molar refractivity (Wildman–Crippen MR) is 89.6 cm³/mol. The molecule has 2 rings (SSSR count). The van der Waals surface area contributed by atoms with E-state index in [-0.39, 0.29) is 5.91 Å². The van der Waals surface area contributed by atoms with E-state index in [1.165, 1.54) is 11.9 Å². The first-order valence-corrected chi connectivity index (χ1v) is 7.93. The van der Waals surface area contributed by atoms with Crippen molar-refractivity contribution in [3.63, 3.8) is 0 Å². The number of aryl methyl sites for hydroxylation is 1. The third-order valence-electron chi connectivity index (χ3n) is 3.67. The zero-order chi connectivity index (χ0) is 16.7. The van der Waals surface area contributed by atoms with Gasteiger partial charge in [0.1, 0.15) is 12.2 Å². The molecule has 0 unspecified atom stereocenters. The Balaban J connectivity index is 1.88. The Morgan fingerprint density at radius 3 is 2.30 bits per heavy atom. The third-order valence-corrected chi connectivity index (χ3v) is 3.67. The van der Waals surface area contributed by atoms with Gasteiger partial charge < -0.3 is 9.80 Å². The highest BCUT2D eigenvalue weighted by atomic mass is 16.2. The van der Waals surface area contributed by atoms with E-state index in [2.05, 4.69) is 58.4 Å². The molecule has 0 aliphatic rings. The molecule has 0 radical (unpaired) electrons. The molecule has 0 saturated heterocycles. The van der Waals surface area contributed by atoms with Crippen molar-refractivity contribution < 1.29 is 4.79 Å². The summed E-state index contributed by atoms with van der Waals surface area (Å²) < 4.78 is 0. The Hall–Kier alpha value is -2.21. The van der Waals surface area contributed by atoms with E-state index < -0.39 is 0 Å².